The van der Waals surface area contributed by atoms with Gasteiger partial charge in [-0.3, -0.25) is 4.79 Å². The molecule has 0 atom stereocenters. The predicted octanol–water partition coefficient (Wildman–Crippen LogP) is 2.49. The van der Waals surface area contributed by atoms with E-state index in [0.717, 1.165) is 48.8 Å². The third-order valence-corrected chi connectivity index (χ3v) is 4.15. The molecule has 1 saturated carbocycles. The van der Waals surface area contributed by atoms with Crippen molar-refractivity contribution in [3.8, 4) is 0 Å². The minimum absolute atomic E-state index is 0.0512. The zero-order valence-electron chi connectivity index (χ0n) is 11.4. The van der Waals surface area contributed by atoms with E-state index in [4.69, 9.17) is 0 Å². The maximum atomic E-state index is 12.0. The van der Waals surface area contributed by atoms with Crippen LogP contribution in [0, 0.1) is 5.92 Å². The van der Waals surface area contributed by atoms with Crippen LogP contribution in [-0.4, -0.2) is 22.7 Å². The summed E-state index contributed by atoms with van der Waals surface area (Å²) in [6.45, 7) is 0.848. The summed E-state index contributed by atoms with van der Waals surface area (Å²) >= 11 is 0. The lowest BCUT2D eigenvalue weighted by Gasteiger charge is -2.25. The van der Waals surface area contributed by atoms with Gasteiger partial charge in [0.25, 0.3) is 5.56 Å². The normalized spacial score (nSPS) is 22.9. The molecule has 1 aromatic heterocycles. The van der Waals surface area contributed by atoms with Crippen LogP contribution in [0.2, 0.25) is 0 Å². The number of rotatable bonds is 3. The Bertz CT molecular complexity index is 642. The molecule has 1 aliphatic carbocycles. The van der Waals surface area contributed by atoms with Crippen LogP contribution in [0.15, 0.2) is 35.1 Å². The second-order valence-corrected chi connectivity index (χ2v) is 5.65. The van der Waals surface area contributed by atoms with Crippen LogP contribution in [-0.2, 0) is 0 Å². The quantitative estimate of drug-likeness (QED) is 0.804. The molecule has 0 spiro atoms. The van der Waals surface area contributed by atoms with E-state index < -0.39 is 0 Å². The van der Waals surface area contributed by atoms with Crippen LogP contribution in [0.25, 0.3) is 10.8 Å². The lowest BCUT2D eigenvalue weighted by atomic mass is 9.87. The van der Waals surface area contributed by atoms with Crippen molar-refractivity contribution in [3.63, 3.8) is 0 Å². The first-order valence-electron chi connectivity index (χ1n) is 7.26. The highest BCUT2D eigenvalue weighted by atomic mass is 16.3. The standard InChI is InChI=1S/C16H20N2O2/c19-13-7-5-11(6-8-13)10-17-15-9-12-3-1-2-4-14(12)16(20)18-15/h1-4,9,11,13,19H,5-8,10H2,(H2,17,18,20). The average Bonchev–Trinajstić information content (AvgIpc) is 2.47. The molecule has 0 bridgehead atoms. The number of hydrogen-bond donors (Lipinski definition) is 3. The highest BCUT2D eigenvalue weighted by Gasteiger charge is 2.19. The van der Waals surface area contributed by atoms with Gasteiger partial charge in [-0.05, 0) is 49.1 Å². The van der Waals surface area contributed by atoms with E-state index in [-0.39, 0.29) is 11.7 Å². The van der Waals surface area contributed by atoms with Crippen molar-refractivity contribution in [2.45, 2.75) is 31.8 Å². The Morgan fingerprint density at radius 3 is 2.75 bits per heavy atom. The Labute approximate surface area is 117 Å². The van der Waals surface area contributed by atoms with Crippen molar-refractivity contribution in [3.05, 3.63) is 40.7 Å². The van der Waals surface area contributed by atoms with Gasteiger partial charge in [-0.1, -0.05) is 18.2 Å². The fourth-order valence-electron chi connectivity index (χ4n) is 2.91. The van der Waals surface area contributed by atoms with Crippen LogP contribution in [0.3, 0.4) is 0 Å². The Kier molecular flexibility index (Phi) is 3.74. The second-order valence-electron chi connectivity index (χ2n) is 5.65. The van der Waals surface area contributed by atoms with Crippen molar-refractivity contribution in [1.29, 1.82) is 0 Å². The molecule has 106 valence electrons. The molecule has 4 nitrogen and oxygen atoms in total. The third-order valence-electron chi connectivity index (χ3n) is 4.15. The van der Waals surface area contributed by atoms with Crippen molar-refractivity contribution in [1.82, 2.24) is 4.98 Å². The van der Waals surface area contributed by atoms with Gasteiger partial charge in [0, 0.05) is 11.9 Å². The van der Waals surface area contributed by atoms with Gasteiger partial charge < -0.3 is 15.4 Å². The molecule has 0 radical (unpaired) electrons. The Morgan fingerprint density at radius 2 is 1.95 bits per heavy atom. The minimum Gasteiger partial charge on any atom is -0.393 e. The first-order valence-corrected chi connectivity index (χ1v) is 7.26. The second kappa shape index (κ2) is 5.67. The Balaban J connectivity index is 1.70. The number of nitrogens with one attached hydrogen (secondary N) is 2. The highest BCUT2D eigenvalue weighted by molar-refractivity contribution is 5.83. The fourth-order valence-corrected chi connectivity index (χ4v) is 2.91. The number of aliphatic hydroxyl groups is 1. The van der Waals surface area contributed by atoms with Gasteiger partial charge in [-0.15, -0.1) is 0 Å². The molecule has 0 unspecified atom stereocenters. The molecule has 0 saturated heterocycles. The number of aromatic amines is 1. The topological polar surface area (TPSA) is 65.1 Å². The van der Waals surface area contributed by atoms with Crippen molar-refractivity contribution >= 4 is 16.6 Å². The lowest BCUT2D eigenvalue weighted by Crippen LogP contribution is -2.24. The van der Waals surface area contributed by atoms with Crippen molar-refractivity contribution < 1.29 is 5.11 Å². The SMILES string of the molecule is O=c1[nH]c(NCC2CCC(O)CC2)cc2ccccc12. The number of benzene rings is 1. The lowest BCUT2D eigenvalue weighted by molar-refractivity contribution is 0.111. The zero-order chi connectivity index (χ0) is 13.9. The first-order chi connectivity index (χ1) is 9.72. The van der Waals surface area contributed by atoms with Gasteiger partial charge in [0.2, 0.25) is 0 Å². The predicted molar refractivity (Wildman–Crippen MR) is 81.0 cm³/mol. The summed E-state index contributed by atoms with van der Waals surface area (Å²) in [6, 6.07) is 9.58. The van der Waals surface area contributed by atoms with Gasteiger partial charge in [0.1, 0.15) is 5.82 Å². The number of hydrogen-bond acceptors (Lipinski definition) is 3. The van der Waals surface area contributed by atoms with E-state index in [1.54, 1.807) is 0 Å². The summed E-state index contributed by atoms with van der Waals surface area (Å²) in [5.41, 5.74) is -0.0512. The molecule has 1 aliphatic rings. The zero-order valence-corrected chi connectivity index (χ0v) is 11.4. The van der Waals surface area contributed by atoms with E-state index in [0.29, 0.717) is 5.92 Å². The van der Waals surface area contributed by atoms with Crippen LogP contribution in [0.5, 0.6) is 0 Å². The average molecular weight is 272 g/mol. The molecule has 0 aliphatic heterocycles. The Hall–Kier alpha value is -1.81. The molecular formula is C16H20N2O2. The van der Waals surface area contributed by atoms with E-state index >= 15 is 0 Å². The molecule has 1 aromatic carbocycles. The van der Waals surface area contributed by atoms with Gasteiger partial charge in [0.05, 0.1) is 6.10 Å². The molecule has 1 heterocycles. The molecule has 3 rings (SSSR count). The maximum Gasteiger partial charge on any atom is 0.257 e. The fraction of sp³-hybridized carbons (Fsp3) is 0.438. The molecular weight excluding hydrogens is 252 g/mol. The number of anilines is 1. The van der Waals surface area contributed by atoms with Gasteiger partial charge in [0.15, 0.2) is 0 Å². The van der Waals surface area contributed by atoms with Gasteiger partial charge in [-0.2, -0.15) is 0 Å². The third kappa shape index (κ3) is 2.85. The first kappa shape index (κ1) is 13.2. The van der Waals surface area contributed by atoms with E-state index in [1.165, 1.54) is 0 Å². The molecule has 1 fully saturated rings. The minimum atomic E-state index is -0.119. The maximum absolute atomic E-state index is 12.0. The highest BCUT2D eigenvalue weighted by Crippen LogP contribution is 2.24. The number of aliphatic hydroxyl groups excluding tert-OH is 1. The van der Waals surface area contributed by atoms with Crippen LogP contribution < -0.4 is 10.9 Å². The number of H-pyrrole nitrogens is 1. The molecule has 4 heteroatoms. The summed E-state index contributed by atoms with van der Waals surface area (Å²) in [4.78, 5) is 14.8. The summed E-state index contributed by atoms with van der Waals surface area (Å²) in [7, 11) is 0. The van der Waals surface area contributed by atoms with E-state index in [9.17, 15) is 9.90 Å². The van der Waals surface area contributed by atoms with Crippen LogP contribution >= 0.6 is 0 Å². The van der Waals surface area contributed by atoms with Crippen LogP contribution in [0.1, 0.15) is 25.7 Å². The van der Waals surface area contributed by atoms with Crippen LogP contribution in [0.4, 0.5) is 5.82 Å². The summed E-state index contributed by atoms with van der Waals surface area (Å²) in [5.74, 6) is 1.35. The molecule has 0 amide bonds. The smallest absolute Gasteiger partial charge is 0.257 e. The number of fused-ring (bicyclic) bond motifs is 1. The molecule has 3 N–H and O–H groups in total. The largest absolute Gasteiger partial charge is 0.393 e. The van der Waals surface area contributed by atoms with E-state index in [1.807, 2.05) is 30.3 Å². The summed E-state index contributed by atoms with van der Waals surface area (Å²) in [5, 5.41) is 14.5. The van der Waals surface area contributed by atoms with Gasteiger partial charge >= 0.3 is 0 Å². The summed E-state index contributed by atoms with van der Waals surface area (Å²) < 4.78 is 0. The Morgan fingerprint density at radius 1 is 1.20 bits per heavy atom. The number of aromatic nitrogens is 1. The van der Waals surface area contributed by atoms with Crippen molar-refractivity contribution in [2.24, 2.45) is 5.92 Å². The number of pyridine rings is 1. The molecule has 2 aromatic rings. The van der Waals surface area contributed by atoms with Crippen molar-refractivity contribution in [2.75, 3.05) is 11.9 Å². The summed E-state index contributed by atoms with van der Waals surface area (Å²) in [6.07, 6.45) is 3.76. The monoisotopic (exact) mass is 272 g/mol. The van der Waals surface area contributed by atoms with Gasteiger partial charge in [-0.25, -0.2) is 0 Å². The molecule has 20 heavy (non-hydrogen) atoms. The van der Waals surface area contributed by atoms with E-state index in [2.05, 4.69) is 10.3 Å².